The number of nitrogens with two attached hydrogens (primary N) is 1. The summed E-state index contributed by atoms with van der Waals surface area (Å²) >= 11 is 0. The molecule has 108 valence electrons. The highest BCUT2D eigenvalue weighted by molar-refractivity contribution is 4.96. The number of hydrogen-bond donors (Lipinski definition) is 1. The molecule has 1 saturated carbocycles. The van der Waals surface area contributed by atoms with Crippen molar-refractivity contribution in [2.75, 3.05) is 27.3 Å². The van der Waals surface area contributed by atoms with Crippen LogP contribution in [0.3, 0.4) is 0 Å². The first kappa shape index (κ1) is 15.9. The monoisotopic (exact) mass is 256 g/mol. The quantitative estimate of drug-likeness (QED) is 0.743. The number of nitrogens with zero attached hydrogens (tertiary/aromatic N) is 1. The molecular formula is C15H32N2O. The average Bonchev–Trinajstić information content (AvgIpc) is 2.63. The Bertz CT molecular complexity index is 225. The summed E-state index contributed by atoms with van der Waals surface area (Å²) in [6.45, 7) is 5.93. The molecule has 1 rings (SSSR count). The van der Waals surface area contributed by atoms with E-state index in [1.54, 1.807) is 7.11 Å². The van der Waals surface area contributed by atoms with Crippen molar-refractivity contribution in [2.24, 2.45) is 11.7 Å². The molecule has 0 spiro atoms. The predicted molar refractivity (Wildman–Crippen MR) is 77.8 cm³/mol. The van der Waals surface area contributed by atoms with Crippen LogP contribution in [0.2, 0.25) is 0 Å². The molecule has 0 saturated heterocycles. The molecule has 2 N–H and O–H groups in total. The fourth-order valence-corrected chi connectivity index (χ4v) is 3.37. The van der Waals surface area contributed by atoms with Gasteiger partial charge in [0, 0.05) is 19.7 Å². The highest BCUT2D eigenvalue weighted by atomic mass is 16.5. The molecule has 18 heavy (non-hydrogen) atoms. The normalized spacial score (nSPS) is 22.2. The second kappa shape index (κ2) is 7.46. The summed E-state index contributed by atoms with van der Waals surface area (Å²) in [5, 5.41) is 0. The lowest BCUT2D eigenvalue weighted by atomic mass is 9.83. The van der Waals surface area contributed by atoms with Gasteiger partial charge < -0.3 is 10.5 Å². The standard InChI is InChI=1S/C15H32N2O/c1-13(2)15(11-16,12-18-4)17(3)14-9-7-5-6-8-10-14/h13-14H,5-12,16H2,1-4H3. The topological polar surface area (TPSA) is 38.5 Å². The van der Waals surface area contributed by atoms with Gasteiger partial charge in [0.25, 0.3) is 0 Å². The summed E-state index contributed by atoms with van der Waals surface area (Å²) < 4.78 is 5.48. The molecule has 1 unspecified atom stereocenters. The van der Waals surface area contributed by atoms with Crippen LogP contribution in [-0.4, -0.2) is 43.8 Å². The number of methoxy groups -OCH3 is 1. The zero-order valence-electron chi connectivity index (χ0n) is 12.7. The Morgan fingerprint density at radius 2 is 1.78 bits per heavy atom. The van der Waals surface area contributed by atoms with Gasteiger partial charge in [0.1, 0.15) is 0 Å². The molecule has 3 nitrogen and oxygen atoms in total. The summed E-state index contributed by atoms with van der Waals surface area (Å²) in [7, 11) is 4.04. The summed E-state index contributed by atoms with van der Waals surface area (Å²) in [4.78, 5) is 2.53. The Kier molecular flexibility index (Phi) is 6.61. The van der Waals surface area contributed by atoms with E-state index in [-0.39, 0.29) is 5.54 Å². The third-order valence-corrected chi connectivity index (χ3v) is 4.90. The molecule has 0 bridgehead atoms. The van der Waals surface area contributed by atoms with Crippen LogP contribution in [-0.2, 0) is 4.74 Å². The highest BCUT2D eigenvalue weighted by Crippen LogP contribution is 2.30. The lowest BCUT2D eigenvalue weighted by molar-refractivity contribution is -0.0277. The second-order valence-corrected chi connectivity index (χ2v) is 6.15. The van der Waals surface area contributed by atoms with Crippen molar-refractivity contribution in [1.82, 2.24) is 4.90 Å². The molecule has 1 fully saturated rings. The minimum Gasteiger partial charge on any atom is -0.383 e. The van der Waals surface area contributed by atoms with Crippen LogP contribution < -0.4 is 5.73 Å². The van der Waals surface area contributed by atoms with Gasteiger partial charge in [-0.3, -0.25) is 4.90 Å². The SMILES string of the molecule is COCC(CN)(C(C)C)N(C)C1CCCCCC1. The Morgan fingerprint density at radius 1 is 1.22 bits per heavy atom. The van der Waals surface area contributed by atoms with Gasteiger partial charge in [0.15, 0.2) is 0 Å². The van der Waals surface area contributed by atoms with Crippen LogP contribution in [0.25, 0.3) is 0 Å². The molecule has 0 amide bonds. The minimum atomic E-state index is -0.0102. The zero-order chi connectivity index (χ0) is 13.6. The van der Waals surface area contributed by atoms with Crippen molar-refractivity contribution >= 4 is 0 Å². The van der Waals surface area contributed by atoms with E-state index in [9.17, 15) is 0 Å². The number of rotatable bonds is 6. The Labute approximate surface area is 113 Å². The molecule has 1 aliphatic rings. The van der Waals surface area contributed by atoms with Crippen LogP contribution >= 0.6 is 0 Å². The number of hydrogen-bond acceptors (Lipinski definition) is 3. The molecule has 0 heterocycles. The summed E-state index contributed by atoms with van der Waals surface area (Å²) in [6, 6.07) is 0.675. The largest absolute Gasteiger partial charge is 0.383 e. The fraction of sp³-hybridized carbons (Fsp3) is 1.00. The summed E-state index contributed by atoms with van der Waals surface area (Å²) in [5.41, 5.74) is 6.11. The van der Waals surface area contributed by atoms with Gasteiger partial charge >= 0.3 is 0 Å². The minimum absolute atomic E-state index is 0.0102. The van der Waals surface area contributed by atoms with Crippen LogP contribution in [0.5, 0.6) is 0 Å². The predicted octanol–water partition coefficient (Wildman–Crippen LogP) is 2.64. The van der Waals surface area contributed by atoms with E-state index in [2.05, 4.69) is 25.8 Å². The Hall–Kier alpha value is -0.120. The maximum absolute atomic E-state index is 6.12. The highest BCUT2D eigenvalue weighted by Gasteiger charge is 2.39. The van der Waals surface area contributed by atoms with Crippen LogP contribution in [0, 0.1) is 5.92 Å². The third kappa shape index (κ3) is 3.46. The van der Waals surface area contributed by atoms with Crippen molar-refractivity contribution in [3.8, 4) is 0 Å². The molecule has 0 aromatic heterocycles. The van der Waals surface area contributed by atoms with Gasteiger partial charge in [-0.05, 0) is 25.8 Å². The van der Waals surface area contributed by atoms with Gasteiger partial charge in [0.05, 0.1) is 12.1 Å². The zero-order valence-corrected chi connectivity index (χ0v) is 12.7. The molecular weight excluding hydrogens is 224 g/mol. The van der Waals surface area contributed by atoms with Gasteiger partial charge in [0.2, 0.25) is 0 Å². The molecule has 0 aromatic carbocycles. The Morgan fingerprint density at radius 3 is 2.17 bits per heavy atom. The molecule has 3 heteroatoms. The second-order valence-electron chi connectivity index (χ2n) is 6.15. The lowest BCUT2D eigenvalue weighted by Gasteiger charge is -2.47. The molecule has 1 atom stereocenters. The van der Waals surface area contributed by atoms with E-state index in [0.29, 0.717) is 18.5 Å². The smallest absolute Gasteiger partial charge is 0.0661 e. The van der Waals surface area contributed by atoms with Crippen molar-refractivity contribution in [3.63, 3.8) is 0 Å². The first-order valence-corrected chi connectivity index (χ1v) is 7.50. The van der Waals surface area contributed by atoms with E-state index in [0.717, 1.165) is 6.61 Å². The maximum atomic E-state index is 6.12. The van der Waals surface area contributed by atoms with E-state index in [4.69, 9.17) is 10.5 Å². The summed E-state index contributed by atoms with van der Waals surface area (Å²) in [6.07, 6.45) is 8.14. The Balaban J connectivity index is 2.82. The van der Waals surface area contributed by atoms with Crippen LogP contribution in [0.1, 0.15) is 52.4 Å². The lowest BCUT2D eigenvalue weighted by Crippen LogP contribution is -2.61. The van der Waals surface area contributed by atoms with E-state index < -0.39 is 0 Å². The van der Waals surface area contributed by atoms with Gasteiger partial charge in [-0.15, -0.1) is 0 Å². The maximum Gasteiger partial charge on any atom is 0.0661 e. The number of likely N-dealkylation sites (N-methyl/N-ethyl adjacent to an activating group) is 1. The van der Waals surface area contributed by atoms with Crippen molar-refractivity contribution < 1.29 is 4.74 Å². The van der Waals surface area contributed by atoms with Gasteiger partial charge in [-0.1, -0.05) is 39.5 Å². The molecule has 0 radical (unpaired) electrons. The van der Waals surface area contributed by atoms with E-state index in [1.807, 2.05) is 0 Å². The summed E-state index contributed by atoms with van der Waals surface area (Å²) in [5.74, 6) is 0.510. The molecule has 0 aromatic rings. The van der Waals surface area contributed by atoms with Gasteiger partial charge in [-0.25, -0.2) is 0 Å². The first-order chi connectivity index (χ1) is 8.58. The molecule has 0 aliphatic heterocycles. The number of ether oxygens (including phenoxy) is 1. The van der Waals surface area contributed by atoms with Gasteiger partial charge in [-0.2, -0.15) is 0 Å². The fourth-order valence-electron chi connectivity index (χ4n) is 3.37. The van der Waals surface area contributed by atoms with E-state index >= 15 is 0 Å². The van der Waals surface area contributed by atoms with Crippen molar-refractivity contribution in [3.05, 3.63) is 0 Å². The van der Waals surface area contributed by atoms with Crippen molar-refractivity contribution in [2.45, 2.75) is 64.0 Å². The van der Waals surface area contributed by atoms with Crippen LogP contribution in [0.15, 0.2) is 0 Å². The molecule has 1 aliphatic carbocycles. The average molecular weight is 256 g/mol. The van der Waals surface area contributed by atoms with E-state index in [1.165, 1.54) is 38.5 Å². The van der Waals surface area contributed by atoms with Crippen molar-refractivity contribution in [1.29, 1.82) is 0 Å². The first-order valence-electron chi connectivity index (χ1n) is 7.50. The van der Waals surface area contributed by atoms with Crippen LogP contribution in [0.4, 0.5) is 0 Å². The third-order valence-electron chi connectivity index (χ3n) is 4.90.